The summed E-state index contributed by atoms with van der Waals surface area (Å²) in [6, 6.07) is 8.50. The fraction of sp³-hybridized carbons (Fsp3) is 0.545. The first kappa shape index (κ1) is 26.4. The van der Waals surface area contributed by atoms with Gasteiger partial charge in [-0.25, -0.2) is 9.59 Å². The number of alkyl halides is 1. The Bertz CT molecular complexity index is 871. The molecule has 1 aromatic heterocycles. The molecule has 11 heteroatoms. The number of unbranched alkanes of at least 4 members (excludes halogenated alkanes) is 1. The summed E-state index contributed by atoms with van der Waals surface area (Å²) in [6.07, 6.45) is -0.853. The first-order chi connectivity index (χ1) is 15.7. The van der Waals surface area contributed by atoms with E-state index < -0.39 is 29.9 Å². The number of aliphatic hydroxyl groups is 1. The maximum atomic E-state index is 12.3. The fourth-order valence-electron chi connectivity index (χ4n) is 2.84. The van der Waals surface area contributed by atoms with Crippen LogP contribution in [0, 0.1) is 0 Å². The Morgan fingerprint density at radius 2 is 1.91 bits per heavy atom. The normalized spacial score (nSPS) is 13.1. The Kier molecular flexibility index (Phi) is 10.4. The van der Waals surface area contributed by atoms with E-state index in [1.54, 1.807) is 20.8 Å². The van der Waals surface area contributed by atoms with Gasteiger partial charge in [-0.1, -0.05) is 35.5 Å². The SMILES string of the molecule is CC(C)(C)OC(=O)NCCCC[C@H](NC(=O)OCc1ccccc1)C(O)c1noc(CCl)n1. The molecule has 0 aliphatic rings. The number of amides is 2. The van der Waals surface area contributed by atoms with Gasteiger partial charge < -0.3 is 29.7 Å². The van der Waals surface area contributed by atoms with Gasteiger partial charge in [-0.3, -0.25) is 0 Å². The van der Waals surface area contributed by atoms with Crippen molar-refractivity contribution >= 4 is 23.8 Å². The third kappa shape index (κ3) is 10.1. The van der Waals surface area contributed by atoms with Crippen LogP contribution in [0.3, 0.4) is 0 Å². The number of aliphatic hydroxyl groups excluding tert-OH is 1. The van der Waals surface area contributed by atoms with Gasteiger partial charge >= 0.3 is 12.2 Å². The molecule has 1 aromatic carbocycles. The van der Waals surface area contributed by atoms with E-state index in [-0.39, 0.29) is 24.2 Å². The summed E-state index contributed by atoms with van der Waals surface area (Å²) in [5.74, 6) is 0.191. The molecular formula is C22H31ClN4O6. The number of aromatic nitrogens is 2. The van der Waals surface area contributed by atoms with E-state index in [0.717, 1.165) is 5.56 Å². The van der Waals surface area contributed by atoms with Gasteiger partial charge in [0.1, 0.15) is 24.2 Å². The minimum Gasteiger partial charge on any atom is -0.445 e. The number of nitrogens with one attached hydrogen (secondary N) is 2. The molecule has 3 N–H and O–H groups in total. The summed E-state index contributed by atoms with van der Waals surface area (Å²) in [7, 11) is 0. The van der Waals surface area contributed by atoms with Crippen LogP contribution in [-0.4, -0.2) is 45.6 Å². The van der Waals surface area contributed by atoms with Crippen LogP contribution in [0.25, 0.3) is 0 Å². The second-order valence-electron chi connectivity index (χ2n) is 8.36. The van der Waals surface area contributed by atoms with Crippen LogP contribution >= 0.6 is 11.6 Å². The Hall–Kier alpha value is -2.85. The van der Waals surface area contributed by atoms with Crippen molar-refractivity contribution in [3.8, 4) is 0 Å². The van der Waals surface area contributed by atoms with E-state index in [0.29, 0.717) is 25.8 Å². The van der Waals surface area contributed by atoms with Crippen molar-refractivity contribution in [1.29, 1.82) is 0 Å². The third-order valence-corrected chi connectivity index (χ3v) is 4.60. The number of nitrogens with zero attached hydrogens (tertiary/aromatic N) is 2. The lowest BCUT2D eigenvalue weighted by Gasteiger charge is -2.22. The molecule has 0 radical (unpaired) electrons. The summed E-state index contributed by atoms with van der Waals surface area (Å²) in [4.78, 5) is 28.1. The van der Waals surface area contributed by atoms with Gasteiger partial charge in [-0.15, -0.1) is 11.6 Å². The molecule has 1 unspecified atom stereocenters. The molecule has 0 fully saturated rings. The first-order valence-corrected chi connectivity index (χ1v) is 11.2. The largest absolute Gasteiger partial charge is 0.445 e. The third-order valence-electron chi connectivity index (χ3n) is 4.37. The number of carbonyl (C=O) groups is 2. The smallest absolute Gasteiger partial charge is 0.407 e. The summed E-state index contributed by atoms with van der Waals surface area (Å²) in [5, 5.41) is 19.8. The zero-order valence-electron chi connectivity index (χ0n) is 19.0. The lowest BCUT2D eigenvalue weighted by molar-refractivity contribution is 0.0526. The van der Waals surface area contributed by atoms with Crippen LogP contribution in [0.4, 0.5) is 9.59 Å². The maximum Gasteiger partial charge on any atom is 0.407 e. The monoisotopic (exact) mass is 482 g/mol. The highest BCUT2D eigenvalue weighted by Gasteiger charge is 2.27. The van der Waals surface area contributed by atoms with Crippen molar-refractivity contribution in [2.75, 3.05) is 6.54 Å². The van der Waals surface area contributed by atoms with Gasteiger partial charge in [0.2, 0.25) is 11.7 Å². The maximum absolute atomic E-state index is 12.3. The van der Waals surface area contributed by atoms with Gasteiger partial charge in [-0.05, 0) is 45.6 Å². The summed E-state index contributed by atoms with van der Waals surface area (Å²) < 4.78 is 15.4. The number of hydrogen-bond acceptors (Lipinski definition) is 8. The molecule has 0 spiro atoms. The standard InChI is InChI=1S/C22H31ClN4O6/c1-22(2,3)32-20(29)24-12-8-7-11-16(18(28)19-26-17(13-23)33-27-19)25-21(30)31-14-15-9-5-4-6-10-15/h4-6,9-10,16,18,28H,7-8,11-14H2,1-3H3,(H,24,29)(H,25,30)/t16-,18?/m0/s1. The van der Waals surface area contributed by atoms with Crippen molar-refractivity contribution in [2.24, 2.45) is 0 Å². The number of alkyl carbamates (subject to hydrolysis) is 2. The van der Waals surface area contributed by atoms with Gasteiger partial charge in [-0.2, -0.15) is 4.98 Å². The van der Waals surface area contributed by atoms with Gasteiger partial charge in [0, 0.05) is 6.54 Å². The lowest BCUT2D eigenvalue weighted by Crippen LogP contribution is -2.40. The molecule has 2 aromatic rings. The van der Waals surface area contributed by atoms with E-state index in [1.165, 1.54) is 0 Å². The number of benzene rings is 1. The van der Waals surface area contributed by atoms with Crippen molar-refractivity contribution in [3.63, 3.8) is 0 Å². The van der Waals surface area contributed by atoms with E-state index in [1.807, 2.05) is 30.3 Å². The zero-order chi connectivity index (χ0) is 24.3. The summed E-state index contributed by atoms with van der Waals surface area (Å²) >= 11 is 5.68. The highest BCUT2D eigenvalue weighted by atomic mass is 35.5. The van der Waals surface area contributed by atoms with E-state index in [4.69, 9.17) is 25.6 Å². The van der Waals surface area contributed by atoms with Crippen molar-refractivity contribution in [1.82, 2.24) is 20.8 Å². The summed E-state index contributed by atoms with van der Waals surface area (Å²) in [5.41, 5.74) is 0.262. The molecule has 10 nitrogen and oxygen atoms in total. The lowest BCUT2D eigenvalue weighted by atomic mass is 10.0. The van der Waals surface area contributed by atoms with E-state index >= 15 is 0 Å². The number of ether oxygens (including phenoxy) is 2. The Balaban J connectivity index is 1.88. The minimum atomic E-state index is -1.23. The van der Waals surface area contributed by atoms with Crippen molar-refractivity contribution in [2.45, 2.75) is 70.3 Å². The van der Waals surface area contributed by atoms with E-state index in [2.05, 4.69) is 20.8 Å². The van der Waals surface area contributed by atoms with Crippen LogP contribution < -0.4 is 10.6 Å². The van der Waals surface area contributed by atoms with Crippen molar-refractivity contribution < 1.29 is 28.7 Å². The van der Waals surface area contributed by atoms with Crippen LogP contribution in [-0.2, 0) is 22.0 Å². The quantitative estimate of drug-likeness (QED) is 0.324. The Morgan fingerprint density at radius 3 is 2.55 bits per heavy atom. The molecule has 2 amide bonds. The van der Waals surface area contributed by atoms with Crippen LogP contribution in [0.2, 0.25) is 0 Å². The van der Waals surface area contributed by atoms with Crippen LogP contribution in [0.15, 0.2) is 34.9 Å². The fourth-order valence-corrected chi connectivity index (χ4v) is 2.95. The molecule has 0 aliphatic carbocycles. The highest BCUT2D eigenvalue weighted by molar-refractivity contribution is 6.16. The van der Waals surface area contributed by atoms with Crippen molar-refractivity contribution in [3.05, 3.63) is 47.6 Å². The van der Waals surface area contributed by atoms with Gasteiger partial charge in [0.25, 0.3) is 0 Å². The first-order valence-electron chi connectivity index (χ1n) is 10.7. The number of hydrogen-bond donors (Lipinski definition) is 3. The second-order valence-corrected chi connectivity index (χ2v) is 8.63. The van der Waals surface area contributed by atoms with Gasteiger partial charge in [0.05, 0.1) is 6.04 Å². The predicted octanol–water partition coefficient (Wildman–Crippen LogP) is 3.83. The molecule has 2 rings (SSSR count). The molecule has 0 saturated carbocycles. The second kappa shape index (κ2) is 13.0. The predicted molar refractivity (Wildman–Crippen MR) is 120 cm³/mol. The highest BCUT2D eigenvalue weighted by Crippen LogP contribution is 2.19. The Labute approximate surface area is 198 Å². The zero-order valence-corrected chi connectivity index (χ0v) is 19.8. The molecule has 0 aliphatic heterocycles. The molecule has 2 atom stereocenters. The molecular weight excluding hydrogens is 452 g/mol. The summed E-state index contributed by atoms with van der Waals surface area (Å²) in [6.45, 7) is 5.83. The number of halogens is 1. The average molecular weight is 483 g/mol. The Morgan fingerprint density at radius 1 is 1.18 bits per heavy atom. The molecule has 182 valence electrons. The number of carbonyl (C=O) groups excluding carboxylic acids is 2. The topological polar surface area (TPSA) is 136 Å². The minimum absolute atomic E-state index is 0.00721. The molecule has 0 saturated heterocycles. The molecule has 0 bridgehead atoms. The number of rotatable bonds is 11. The van der Waals surface area contributed by atoms with Crippen LogP contribution in [0.5, 0.6) is 0 Å². The molecule has 1 heterocycles. The van der Waals surface area contributed by atoms with E-state index in [9.17, 15) is 14.7 Å². The molecule has 33 heavy (non-hydrogen) atoms. The van der Waals surface area contributed by atoms with Gasteiger partial charge in [0.15, 0.2) is 0 Å². The average Bonchev–Trinajstić information content (AvgIpc) is 3.25. The van der Waals surface area contributed by atoms with Crippen LogP contribution in [0.1, 0.15) is 63.4 Å².